The Morgan fingerprint density at radius 2 is 1.78 bits per heavy atom. The Bertz CT molecular complexity index is 971. The highest BCUT2D eigenvalue weighted by Crippen LogP contribution is 2.49. The molecule has 0 fully saturated rings. The van der Waals surface area contributed by atoms with E-state index in [2.05, 4.69) is 36.4 Å². The second-order valence-corrected chi connectivity index (χ2v) is 6.81. The second kappa shape index (κ2) is 4.44. The Morgan fingerprint density at radius 1 is 0.913 bits per heavy atom. The lowest BCUT2D eigenvalue weighted by molar-refractivity contribution is 0.0154. The molecule has 2 aliphatic carbocycles. The van der Waals surface area contributed by atoms with Crippen LogP contribution in [0.15, 0.2) is 42.5 Å². The zero-order valence-electron chi connectivity index (χ0n) is 13.0. The van der Waals surface area contributed by atoms with Crippen molar-refractivity contribution in [3.05, 3.63) is 70.3 Å². The molecular weight excluding hydrogens is 284 g/mol. The summed E-state index contributed by atoms with van der Waals surface area (Å²) in [5.74, 6) is 0. The number of fused-ring (bicyclic) bond motifs is 4. The third-order valence-corrected chi connectivity index (χ3v) is 5.45. The van der Waals surface area contributed by atoms with Crippen LogP contribution in [0, 0.1) is 6.92 Å². The van der Waals surface area contributed by atoms with Crippen LogP contribution in [-0.4, -0.2) is 10.2 Å². The molecule has 0 aromatic heterocycles. The fraction of sp³-hybridized carbons (Fsp3) is 0.238. The fourth-order valence-electron chi connectivity index (χ4n) is 4.43. The molecule has 0 heterocycles. The van der Waals surface area contributed by atoms with Crippen molar-refractivity contribution >= 4 is 10.8 Å². The summed E-state index contributed by atoms with van der Waals surface area (Å²) >= 11 is 0. The number of aryl methyl sites for hydroxylation is 3. The maximum absolute atomic E-state index is 10.8. The maximum Gasteiger partial charge on any atom is 0.110 e. The van der Waals surface area contributed by atoms with Crippen LogP contribution in [-0.2, 0) is 12.8 Å². The van der Waals surface area contributed by atoms with Crippen LogP contribution in [0.5, 0.6) is 0 Å². The van der Waals surface area contributed by atoms with E-state index in [1.54, 1.807) is 0 Å². The van der Waals surface area contributed by atoms with Gasteiger partial charge in [0.15, 0.2) is 0 Å². The highest BCUT2D eigenvalue weighted by molar-refractivity contribution is 5.97. The highest BCUT2D eigenvalue weighted by atomic mass is 16.3. The fourth-order valence-corrected chi connectivity index (χ4v) is 4.43. The first-order chi connectivity index (χ1) is 11.1. The van der Waals surface area contributed by atoms with Crippen LogP contribution in [0.3, 0.4) is 0 Å². The molecule has 114 valence electrons. The predicted molar refractivity (Wildman–Crippen MR) is 91.4 cm³/mol. The molecule has 3 aromatic rings. The van der Waals surface area contributed by atoms with Crippen molar-refractivity contribution in [3.8, 4) is 11.1 Å². The van der Waals surface area contributed by atoms with Gasteiger partial charge in [-0.05, 0) is 70.0 Å². The van der Waals surface area contributed by atoms with Crippen LogP contribution in [0.25, 0.3) is 21.9 Å². The van der Waals surface area contributed by atoms with Gasteiger partial charge in [0.25, 0.3) is 0 Å². The monoisotopic (exact) mass is 302 g/mol. The minimum Gasteiger partial charge on any atom is -0.385 e. The summed E-state index contributed by atoms with van der Waals surface area (Å²) in [5, 5.41) is 24.0. The van der Waals surface area contributed by atoms with E-state index < -0.39 is 12.2 Å². The largest absolute Gasteiger partial charge is 0.385 e. The van der Waals surface area contributed by atoms with Crippen molar-refractivity contribution in [3.63, 3.8) is 0 Å². The van der Waals surface area contributed by atoms with Crippen LogP contribution in [0.1, 0.15) is 40.0 Å². The number of aliphatic hydroxyl groups is 2. The van der Waals surface area contributed by atoms with Crippen molar-refractivity contribution in [2.45, 2.75) is 32.0 Å². The number of hydrogen-bond donors (Lipinski definition) is 2. The van der Waals surface area contributed by atoms with Crippen LogP contribution in [0.4, 0.5) is 0 Å². The SMILES string of the molecule is Cc1ccc2c(c1)C(O)C(O)c1c-2cc2cccc3c2c1CC3. The van der Waals surface area contributed by atoms with E-state index in [9.17, 15) is 10.2 Å². The summed E-state index contributed by atoms with van der Waals surface area (Å²) in [7, 11) is 0. The van der Waals surface area contributed by atoms with Gasteiger partial charge in [0, 0.05) is 0 Å². The Hall–Kier alpha value is -2.16. The van der Waals surface area contributed by atoms with Crippen LogP contribution in [0.2, 0.25) is 0 Å². The van der Waals surface area contributed by atoms with Gasteiger partial charge in [-0.25, -0.2) is 0 Å². The van der Waals surface area contributed by atoms with Crippen LogP contribution < -0.4 is 0 Å². The minimum atomic E-state index is -0.848. The molecule has 2 N–H and O–H groups in total. The first kappa shape index (κ1) is 13.3. The Morgan fingerprint density at radius 3 is 2.65 bits per heavy atom. The molecular formula is C21H18O2. The molecule has 2 heteroatoms. The predicted octanol–water partition coefficient (Wildman–Crippen LogP) is 3.99. The third-order valence-electron chi connectivity index (χ3n) is 5.45. The normalized spacial score (nSPS) is 21.3. The van der Waals surface area contributed by atoms with Gasteiger partial charge in [-0.15, -0.1) is 0 Å². The van der Waals surface area contributed by atoms with Gasteiger partial charge in [-0.1, -0.05) is 42.0 Å². The van der Waals surface area contributed by atoms with E-state index in [4.69, 9.17) is 0 Å². The average Bonchev–Trinajstić information content (AvgIpc) is 2.98. The third kappa shape index (κ3) is 1.65. The number of aliphatic hydroxyl groups excluding tert-OH is 2. The summed E-state index contributed by atoms with van der Waals surface area (Å²) < 4.78 is 0. The standard InChI is InChI=1S/C21H18O2/c1-11-5-7-14-16-10-13-4-2-3-12-6-8-15(18(12)13)19(16)21(23)20(22)17(14)9-11/h2-5,7,9-10,20-23H,6,8H2,1H3. The number of hydrogen-bond acceptors (Lipinski definition) is 2. The lowest BCUT2D eigenvalue weighted by Gasteiger charge is -2.31. The van der Waals surface area contributed by atoms with Gasteiger partial charge in [0.2, 0.25) is 0 Å². The van der Waals surface area contributed by atoms with Gasteiger partial charge in [0.05, 0.1) is 0 Å². The van der Waals surface area contributed by atoms with E-state index >= 15 is 0 Å². The molecule has 0 aliphatic heterocycles. The Balaban J connectivity index is 1.93. The van der Waals surface area contributed by atoms with Gasteiger partial charge in [0.1, 0.15) is 12.2 Å². The average molecular weight is 302 g/mol. The highest BCUT2D eigenvalue weighted by Gasteiger charge is 2.35. The van der Waals surface area contributed by atoms with E-state index in [1.807, 2.05) is 13.0 Å². The molecule has 23 heavy (non-hydrogen) atoms. The molecule has 2 aliphatic rings. The maximum atomic E-state index is 10.8. The molecule has 0 spiro atoms. The van der Waals surface area contributed by atoms with Crippen molar-refractivity contribution < 1.29 is 10.2 Å². The molecule has 3 aromatic carbocycles. The first-order valence-electron chi connectivity index (χ1n) is 8.19. The quantitative estimate of drug-likeness (QED) is 0.659. The molecule has 0 amide bonds. The summed E-state index contributed by atoms with van der Waals surface area (Å²) in [6.45, 7) is 2.02. The van der Waals surface area contributed by atoms with Crippen molar-refractivity contribution in [1.29, 1.82) is 0 Å². The summed E-state index contributed by atoms with van der Waals surface area (Å²) in [5.41, 5.74) is 7.60. The molecule has 5 rings (SSSR count). The van der Waals surface area contributed by atoms with Gasteiger partial charge in [-0.3, -0.25) is 0 Å². The van der Waals surface area contributed by atoms with Crippen molar-refractivity contribution in [1.82, 2.24) is 0 Å². The van der Waals surface area contributed by atoms with E-state index in [0.717, 1.165) is 40.7 Å². The number of rotatable bonds is 0. The van der Waals surface area contributed by atoms with Gasteiger partial charge in [-0.2, -0.15) is 0 Å². The lowest BCUT2D eigenvalue weighted by atomic mass is 9.78. The summed E-state index contributed by atoms with van der Waals surface area (Å²) in [6.07, 6.45) is 0.278. The Kier molecular flexibility index (Phi) is 2.56. The van der Waals surface area contributed by atoms with Crippen molar-refractivity contribution in [2.75, 3.05) is 0 Å². The smallest absolute Gasteiger partial charge is 0.110 e. The molecule has 0 saturated carbocycles. The summed E-state index contributed by atoms with van der Waals surface area (Å²) in [4.78, 5) is 0. The van der Waals surface area contributed by atoms with Gasteiger partial charge < -0.3 is 10.2 Å². The first-order valence-corrected chi connectivity index (χ1v) is 8.19. The van der Waals surface area contributed by atoms with Crippen molar-refractivity contribution in [2.24, 2.45) is 0 Å². The number of benzene rings is 3. The van der Waals surface area contributed by atoms with Gasteiger partial charge >= 0.3 is 0 Å². The van der Waals surface area contributed by atoms with E-state index in [-0.39, 0.29) is 0 Å². The second-order valence-electron chi connectivity index (χ2n) is 6.81. The zero-order valence-corrected chi connectivity index (χ0v) is 13.0. The Labute approximate surface area is 135 Å². The molecule has 2 unspecified atom stereocenters. The topological polar surface area (TPSA) is 40.5 Å². The minimum absolute atomic E-state index is 0.839. The van der Waals surface area contributed by atoms with E-state index in [1.165, 1.54) is 21.9 Å². The molecule has 0 bridgehead atoms. The summed E-state index contributed by atoms with van der Waals surface area (Å²) in [6, 6.07) is 14.8. The molecule has 2 nitrogen and oxygen atoms in total. The van der Waals surface area contributed by atoms with Crippen LogP contribution >= 0.6 is 0 Å². The molecule has 2 atom stereocenters. The lowest BCUT2D eigenvalue weighted by Crippen LogP contribution is -2.19. The molecule has 0 saturated heterocycles. The zero-order chi connectivity index (χ0) is 15.7. The van der Waals surface area contributed by atoms with E-state index in [0.29, 0.717) is 0 Å². The molecule has 0 radical (unpaired) electrons.